The summed E-state index contributed by atoms with van der Waals surface area (Å²) >= 11 is 0. The minimum atomic E-state index is 0.226. The highest BCUT2D eigenvalue weighted by Gasteiger charge is 2.13. The van der Waals surface area contributed by atoms with E-state index in [1.165, 1.54) is 11.1 Å². The number of ether oxygens (including phenoxy) is 1. The van der Waals surface area contributed by atoms with Crippen LogP contribution in [0.1, 0.15) is 31.9 Å². The van der Waals surface area contributed by atoms with Crippen molar-refractivity contribution in [2.75, 3.05) is 39.4 Å². The maximum atomic E-state index is 5.36. The fourth-order valence-electron chi connectivity index (χ4n) is 2.44. The van der Waals surface area contributed by atoms with Crippen molar-refractivity contribution in [3.63, 3.8) is 0 Å². The molecule has 20 heavy (non-hydrogen) atoms. The van der Waals surface area contributed by atoms with Gasteiger partial charge in [0, 0.05) is 32.7 Å². The number of hydrogen-bond donors (Lipinski definition) is 1. The molecule has 0 radical (unpaired) electrons. The summed E-state index contributed by atoms with van der Waals surface area (Å²) in [6.45, 7) is 13.8. The van der Waals surface area contributed by atoms with Crippen LogP contribution in [-0.4, -0.2) is 44.3 Å². The largest absolute Gasteiger partial charge is 0.379 e. The van der Waals surface area contributed by atoms with E-state index < -0.39 is 0 Å². The first-order chi connectivity index (χ1) is 9.55. The number of rotatable bonds is 5. The van der Waals surface area contributed by atoms with Crippen molar-refractivity contribution >= 4 is 0 Å². The normalized spacial score (nSPS) is 17.4. The molecule has 0 spiro atoms. The minimum absolute atomic E-state index is 0.226. The zero-order valence-corrected chi connectivity index (χ0v) is 13.1. The SMILES string of the molecule is CC(C)(C)c1cccc(CNCCN2CCOCC2)c1. The van der Waals surface area contributed by atoms with Crippen LogP contribution in [0.3, 0.4) is 0 Å². The minimum Gasteiger partial charge on any atom is -0.379 e. The molecule has 1 aromatic carbocycles. The monoisotopic (exact) mass is 276 g/mol. The van der Waals surface area contributed by atoms with Gasteiger partial charge in [-0.05, 0) is 16.5 Å². The van der Waals surface area contributed by atoms with Crippen molar-refractivity contribution in [2.24, 2.45) is 0 Å². The molecule has 1 fully saturated rings. The molecule has 112 valence electrons. The molecule has 1 N–H and O–H groups in total. The van der Waals surface area contributed by atoms with Crippen LogP contribution >= 0.6 is 0 Å². The van der Waals surface area contributed by atoms with Crippen molar-refractivity contribution in [1.29, 1.82) is 0 Å². The summed E-state index contributed by atoms with van der Waals surface area (Å²) in [6.07, 6.45) is 0. The van der Waals surface area contributed by atoms with Crippen molar-refractivity contribution in [1.82, 2.24) is 10.2 Å². The Labute approximate surface area is 123 Å². The van der Waals surface area contributed by atoms with E-state index in [4.69, 9.17) is 4.74 Å². The molecule has 2 rings (SSSR count). The molecule has 1 aliphatic heterocycles. The number of nitrogens with one attached hydrogen (secondary N) is 1. The standard InChI is InChI=1S/C17H28N2O/c1-17(2,3)16-6-4-5-15(13-16)14-18-7-8-19-9-11-20-12-10-19/h4-6,13,18H,7-12,14H2,1-3H3. The molecule has 0 aliphatic carbocycles. The van der Waals surface area contributed by atoms with E-state index in [1.807, 2.05) is 0 Å². The van der Waals surface area contributed by atoms with Gasteiger partial charge in [0.2, 0.25) is 0 Å². The molecule has 0 aromatic heterocycles. The smallest absolute Gasteiger partial charge is 0.0594 e. The first kappa shape index (κ1) is 15.5. The Morgan fingerprint density at radius 2 is 1.95 bits per heavy atom. The lowest BCUT2D eigenvalue weighted by Gasteiger charge is -2.26. The third kappa shape index (κ3) is 4.89. The second-order valence-corrected chi connectivity index (χ2v) is 6.58. The summed E-state index contributed by atoms with van der Waals surface area (Å²) in [5.74, 6) is 0. The van der Waals surface area contributed by atoms with Gasteiger partial charge in [-0.3, -0.25) is 4.90 Å². The van der Waals surface area contributed by atoms with Crippen LogP contribution in [0.5, 0.6) is 0 Å². The van der Waals surface area contributed by atoms with Gasteiger partial charge in [-0.15, -0.1) is 0 Å². The molecular formula is C17H28N2O. The zero-order chi connectivity index (χ0) is 14.4. The average molecular weight is 276 g/mol. The Morgan fingerprint density at radius 1 is 1.20 bits per heavy atom. The summed E-state index contributed by atoms with van der Waals surface area (Å²) in [7, 11) is 0. The predicted molar refractivity (Wildman–Crippen MR) is 84.1 cm³/mol. The summed E-state index contributed by atoms with van der Waals surface area (Å²) in [6, 6.07) is 8.91. The third-order valence-corrected chi connectivity index (χ3v) is 3.83. The van der Waals surface area contributed by atoms with E-state index in [0.29, 0.717) is 0 Å². The topological polar surface area (TPSA) is 24.5 Å². The Balaban J connectivity index is 1.73. The van der Waals surface area contributed by atoms with Gasteiger partial charge in [0.15, 0.2) is 0 Å². The maximum absolute atomic E-state index is 5.36. The van der Waals surface area contributed by atoms with Gasteiger partial charge < -0.3 is 10.1 Å². The summed E-state index contributed by atoms with van der Waals surface area (Å²) in [4.78, 5) is 2.46. The lowest BCUT2D eigenvalue weighted by Crippen LogP contribution is -2.40. The fraction of sp³-hybridized carbons (Fsp3) is 0.647. The molecule has 0 bridgehead atoms. The molecule has 1 aromatic rings. The van der Waals surface area contributed by atoms with Crippen LogP contribution in [0.2, 0.25) is 0 Å². The molecule has 0 amide bonds. The Kier molecular flexibility index (Phi) is 5.58. The summed E-state index contributed by atoms with van der Waals surface area (Å²) in [5.41, 5.74) is 3.01. The van der Waals surface area contributed by atoms with E-state index in [2.05, 4.69) is 55.3 Å². The van der Waals surface area contributed by atoms with Gasteiger partial charge in [0.25, 0.3) is 0 Å². The summed E-state index contributed by atoms with van der Waals surface area (Å²) < 4.78 is 5.36. The van der Waals surface area contributed by atoms with Gasteiger partial charge in [-0.2, -0.15) is 0 Å². The second kappa shape index (κ2) is 7.21. The first-order valence-corrected chi connectivity index (χ1v) is 7.66. The van der Waals surface area contributed by atoms with E-state index in [-0.39, 0.29) is 5.41 Å². The molecule has 0 unspecified atom stereocenters. The molecule has 0 atom stereocenters. The molecule has 0 saturated carbocycles. The van der Waals surface area contributed by atoms with Gasteiger partial charge in [0.1, 0.15) is 0 Å². The highest BCUT2D eigenvalue weighted by molar-refractivity contribution is 5.28. The van der Waals surface area contributed by atoms with Gasteiger partial charge >= 0.3 is 0 Å². The Bertz CT molecular complexity index is 406. The Hall–Kier alpha value is -0.900. The molecule has 1 aliphatic rings. The maximum Gasteiger partial charge on any atom is 0.0594 e. The van der Waals surface area contributed by atoms with Crippen molar-refractivity contribution in [3.8, 4) is 0 Å². The fourth-order valence-corrected chi connectivity index (χ4v) is 2.44. The number of hydrogen-bond acceptors (Lipinski definition) is 3. The van der Waals surface area contributed by atoms with Crippen LogP contribution in [0, 0.1) is 0 Å². The molecule has 3 heteroatoms. The summed E-state index contributed by atoms with van der Waals surface area (Å²) in [5, 5.41) is 3.55. The Morgan fingerprint density at radius 3 is 2.65 bits per heavy atom. The number of morpholine rings is 1. The van der Waals surface area contributed by atoms with Gasteiger partial charge in [-0.25, -0.2) is 0 Å². The molecule has 3 nitrogen and oxygen atoms in total. The lowest BCUT2D eigenvalue weighted by atomic mass is 9.86. The predicted octanol–water partition coefficient (Wildman–Crippen LogP) is 2.41. The third-order valence-electron chi connectivity index (χ3n) is 3.83. The van der Waals surface area contributed by atoms with Crippen LogP contribution in [0.25, 0.3) is 0 Å². The van der Waals surface area contributed by atoms with E-state index >= 15 is 0 Å². The van der Waals surface area contributed by atoms with E-state index in [9.17, 15) is 0 Å². The van der Waals surface area contributed by atoms with Crippen LogP contribution in [0.4, 0.5) is 0 Å². The van der Waals surface area contributed by atoms with Crippen molar-refractivity contribution < 1.29 is 4.74 Å². The van der Waals surface area contributed by atoms with Gasteiger partial charge in [0.05, 0.1) is 13.2 Å². The van der Waals surface area contributed by atoms with E-state index in [1.54, 1.807) is 0 Å². The molecule has 1 heterocycles. The zero-order valence-electron chi connectivity index (χ0n) is 13.1. The van der Waals surface area contributed by atoms with Gasteiger partial charge in [-0.1, -0.05) is 45.0 Å². The second-order valence-electron chi connectivity index (χ2n) is 6.58. The number of benzene rings is 1. The van der Waals surface area contributed by atoms with Crippen LogP contribution in [0.15, 0.2) is 24.3 Å². The van der Waals surface area contributed by atoms with E-state index in [0.717, 1.165) is 45.9 Å². The highest BCUT2D eigenvalue weighted by atomic mass is 16.5. The van der Waals surface area contributed by atoms with Crippen LogP contribution < -0.4 is 5.32 Å². The highest BCUT2D eigenvalue weighted by Crippen LogP contribution is 2.22. The van der Waals surface area contributed by atoms with Crippen LogP contribution in [-0.2, 0) is 16.7 Å². The van der Waals surface area contributed by atoms with Crippen molar-refractivity contribution in [2.45, 2.75) is 32.7 Å². The number of nitrogens with zero attached hydrogens (tertiary/aromatic N) is 1. The molecule has 1 saturated heterocycles. The average Bonchev–Trinajstić information content (AvgIpc) is 2.44. The first-order valence-electron chi connectivity index (χ1n) is 7.66. The van der Waals surface area contributed by atoms with Crippen molar-refractivity contribution in [3.05, 3.63) is 35.4 Å². The lowest BCUT2D eigenvalue weighted by molar-refractivity contribution is 0.0384. The molecular weight excluding hydrogens is 248 g/mol. The quantitative estimate of drug-likeness (QED) is 0.836.